The van der Waals surface area contributed by atoms with E-state index in [-0.39, 0.29) is 0 Å². The van der Waals surface area contributed by atoms with Crippen LogP contribution in [-0.4, -0.2) is 36.4 Å². The number of aldehydes is 1. The first-order valence-corrected chi connectivity index (χ1v) is 4.48. The first-order valence-electron chi connectivity index (χ1n) is 4.48. The summed E-state index contributed by atoms with van der Waals surface area (Å²) in [5.74, 6) is 0. The molecule has 0 aliphatic heterocycles. The van der Waals surface area contributed by atoms with Gasteiger partial charge in [-0.2, -0.15) is 0 Å². The standard InChI is InChI=1S/C10H16N2O/c1-11(2)5-3-6-12-7-4-10(8-12)9-13/h4,7-9H,3,5-6H2,1-2H3. The van der Waals surface area contributed by atoms with E-state index < -0.39 is 0 Å². The van der Waals surface area contributed by atoms with Gasteiger partial charge in [0.15, 0.2) is 6.29 Å². The smallest absolute Gasteiger partial charge is 0.151 e. The van der Waals surface area contributed by atoms with Gasteiger partial charge < -0.3 is 9.47 Å². The van der Waals surface area contributed by atoms with Crippen LogP contribution in [0.2, 0.25) is 0 Å². The molecule has 0 saturated heterocycles. The van der Waals surface area contributed by atoms with E-state index in [1.54, 1.807) is 0 Å². The maximum absolute atomic E-state index is 10.4. The molecule has 1 rings (SSSR count). The summed E-state index contributed by atoms with van der Waals surface area (Å²) in [5, 5.41) is 0. The minimum atomic E-state index is 0.754. The molecule has 0 amide bonds. The maximum atomic E-state index is 10.4. The van der Waals surface area contributed by atoms with Gasteiger partial charge in [0.1, 0.15) is 0 Å². The van der Waals surface area contributed by atoms with Gasteiger partial charge in [-0.3, -0.25) is 4.79 Å². The highest BCUT2D eigenvalue weighted by Crippen LogP contribution is 1.99. The average molecular weight is 180 g/mol. The minimum Gasteiger partial charge on any atom is -0.353 e. The Balaban J connectivity index is 2.32. The van der Waals surface area contributed by atoms with Gasteiger partial charge in [-0.25, -0.2) is 0 Å². The van der Waals surface area contributed by atoms with Crippen LogP contribution in [0.15, 0.2) is 18.5 Å². The minimum absolute atomic E-state index is 0.754. The van der Waals surface area contributed by atoms with E-state index in [1.165, 1.54) is 0 Å². The lowest BCUT2D eigenvalue weighted by molar-refractivity contribution is 0.112. The summed E-state index contributed by atoms with van der Waals surface area (Å²) in [6, 6.07) is 1.84. The molecule has 13 heavy (non-hydrogen) atoms. The maximum Gasteiger partial charge on any atom is 0.151 e. The predicted molar refractivity (Wildman–Crippen MR) is 53.0 cm³/mol. The van der Waals surface area contributed by atoms with E-state index in [1.807, 2.05) is 23.0 Å². The molecule has 1 heterocycles. The summed E-state index contributed by atoms with van der Waals surface area (Å²) in [4.78, 5) is 12.5. The van der Waals surface area contributed by atoms with Gasteiger partial charge in [0.2, 0.25) is 0 Å². The van der Waals surface area contributed by atoms with E-state index in [0.29, 0.717) is 0 Å². The highest BCUT2D eigenvalue weighted by Gasteiger charge is 1.95. The zero-order valence-corrected chi connectivity index (χ0v) is 8.23. The molecular weight excluding hydrogens is 164 g/mol. The lowest BCUT2D eigenvalue weighted by Crippen LogP contribution is -2.14. The normalized spacial score (nSPS) is 10.7. The number of aryl methyl sites for hydroxylation is 1. The third kappa shape index (κ3) is 3.42. The average Bonchev–Trinajstić information content (AvgIpc) is 2.52. The van der Waals surface area contributed by atoms with Gasteiger partial charge in [0.05, 0.1) is 0 Å². The lowest BCUT2D eigenvalue weighted by atomic mass is 10.4. The fourth-order valence-corrected chi connectivity index (χ4v) is 1.24. The number of aromatic nitrogens is 1. The molecule has 72 valence electrons. The molecule has 0 fully saturated rings. The summed E-state index contributed by atoms with van der Waals surface area (Å²) in [7, 11) is 4.12. The van der Waals surface area contributed by atoms with Crippen LogP contribution in [0.5, 0.6) is 0 Å². The van der Waals surface area contributed by atoms with E-state index >= 15 is 0 Å². The number of hydrogen-bond donors (Lipinski definition) is 0. The van der Waals surface area contributed by atoms with Gasteiger partial charge in [0, 0.05) is 24.5 Å². The first kappa shape index (κ1) is 9.99. The van der Waals surface area contributed by atoms with Crippen LogP contribution in [0.1, 0.15) is 16.8 Å². The summed E-state index contributed by atoms with van der Waals surface area (Å²) in [6.45, 7) is 2.06. The Morgan fingerprint density at radius 1 is 1.54 bits per heavy atom. The summed E-state index contributed by atoms with van der Waals surface area (Å²) >= 11 is 0. The molecule has 3 nitrogen and oxygen atoms in total. The molecule has 0 radical (unpaired) electrons. The number of carbonyl (C=O) groups excluding carboxylic acids is 1. The molecule has 0 unspecified atom stereocenters. The van der Waals surface area contributed by atoms with Crippen molar-refractivity contribution in [3.63, 3.8) is 0 Å². The second-order valence-corrected chi connectivity index (χ2v) is 3.46. The monoisotopic (exact) mass is 180 g/mol. The number of hydrogen-bond acceptors (Lipinski definition) is 2. The van der Waals surface area contributed by atoms with Crippen LogP contribution < -0.4 is 0 Å². The second kappa shape index (κ2) is 4.82. The van der Waals surface area contributed by atoms with E-state index in [9.17, 15) is 4.79 Å². The van der Waals surface area contributed by atoms with Gasteiger partial charge in [-0.15, -0.1) is 0 Å². The molecule has 0 aliphatic carbocycles. The van der Waals surface area contributed by atoms with Crippen molar-refractivity contribution < 1.29 is 4.79 Å². The van der Waals surface area contributed by atoms with Crippen molar-refractivity contribution in [1.29, 1.82) is 0 Å². The van der Waals surface area contributed by atoms with Crippen molar-refractivity contribution in [2.45, 2.75) is 13.0 Å². The van der Waals surface area contributed by atoms with Crippen molar-refractivity contribution in [3.8, 4) is 0 Å². The van der Waals surface area contributed by atoms with Crippen molar-refractivity contribution >= 4 is 6.29 Å². The van der Waals surface area contributed by atoms with Crippen molar-refractivity contribution in [3.05, 3.63) is 24.0 Å². The SMILES string of the molecule is CN(C)CCCn1ccc(C=O)c1. The Morgan fingerprint density at radius 3 is 2.85 bits per heavy atom. The molecule has 0 spiro atoms. The Kier molecular flexibility index (Phi) is 3.71. The topological polar surface area (TPSA) is 25.2 Å². The zero-order valence-electron chi connectivity index (χ0n) is 8.23. The molecule has 0 bridgehead atoms. The molecule has 1 aromatic rings. The van der Waals surface area contributed by atoms with Crippen LogP contribution >= 0.6 is 0 Å². The molecule has 1 aromatic heterocycles. The summed E-state index contributed by atoms with van der Waals surface area (Å²) in [5.41, 5.74) is 0.754. The summed E-state index contributed by atoms with van der Waals surface area (Å²) < 4.78 is 2.05. The molecule has 0 N–H and O–H groups in total. The third-order valence-corrected chi connectivity index (χ3v) is 1.93. The Bertz CT molecular complexity index is 266. The molecule has 0 aliphatic rings. The summed E-state index contributed by atoms with van der Waals surface area (Å²) in [6.07, 6.45) is 5.81. The van der Waals surface area contributed by atoms with Gasteiger partial charge in [0.25, 0.3) is 0 Å². The molecule has 3 heteroatoms. The van der Waals surface area contributed by atoms with E-state index in [4.69, 9.17) is 0 Å². The van der Waals surface area contributed by atoms with Gasteiger partial charge in [-0.05, 0) is 33.1 Å². The fourth-order valence-electron chi connectivity index (χ4n) is 1.24. The molecular formula is C10H16N2O. The number of carbonyl (C=O) groups is 1. The predicted octanol–water partition coefficient (Wildman–Crippen LogP) is 1.25. The second-order valence-electron chi connectivity index (χ2n) is 3.46. The van der Waals surface area contributed by atoms with Crippen molar-refractivity contribution in [2.75, 3.05) is 20.6 Å². The molecule has 0 saturated carbocycles. The van der Waals surface area contributed by atoms with Gasteiger partial charge >= 0.3 is 0 Å². The highest BCUT2D eigenvalue weighted by atomic mass is 16.1. The van der Waals surface area contributed by atoms with Gasteiger partial charge in [-0.1, -0.05) is 0 Å². The van der Waals surface area contributed by atoms with Crippen LogP contribution in [0.3, 0.4) is 0 Å². The quantitative estimate of drug-likeness (QED) is 0.637. The lowest BCUT2D eigenvalue weighted by Gasteiger charge is -2.09. The fraction of sp³-hybridized carbons (Fsp3) is 0.500. The third-order valence-electron chi connectivity index (χ3n) is 1.93. The first-order chi connectivity index (χ1) is 6.22. The largest absolute Gasteiger partial charge is 0.353 e. The Morgan fingerprint density at radius 2 is 2.31 bits per heavy atom. The highest BCUT2D eigenvalue weighted by molar-refractivity contribution is 5.74. The van der Waals surface area contributed by atoms with Crippen molar-refractivity contribution in [1.82, 2.24) is 9.47 Å². The van der Waals surface area contributed by atoms with Crippen LogP contribution in [0, 0.1) is 0 Å². The van der Waals surface area contributed by atoms with E-state index in [2.05, 4.69) is 19.0 Å². The Hall–Kier alpha value is -1.09. The van der Waals surface area contributed by atoms with Crippen LogP contribution in [0.4, 0.5) is 0 Å². The van der Waals surface area contributed by atoms with Crippen LogP contribution in [-0.2, 0) is 6.54 Å². The Labute approximate surface area is 79.0 Å². The molecule has 0 atom stereocenters. The number of rotatable bonds is 5. The number of nitrogens with zero attached hydrogens (tertiary/aromatic N) is 2. The van der Waals surface area contributed by atoms with Crippen LogP contribution in [0.25, 0.3) is 0 Å². The molecule has 0 aromatic carbocycles. The zero-order chi connectivity index (χ0) is 9.68. The van der Waals surface area contributed by atoms with Crippen molar-refractivity contribution in [2.24, 2.45) is 0 Å². The van der Waals surface area contributed by atoms with E-state index in [0.717, 1.165) is 31.4 Å².